The van der Waals surface area contributed by atoms with Crippen LogP contribution in [0.3, 0.4) is 0 Å². The van der Waals surface area contributed by atoms with Crippen molar-refractivity contribution >= 4 is 11.8 Å². The molecule has 0 bridgehead atoms. The molecule has 0 aromatic rings. The van der Waals surface area contributed by atoms with Gasteiger partial charge >= 0.3 is 0 Å². The van der Waals surface area contributed by atoms with Crippen molar-refractivity contribution in [3.05, 3.63) is 12.7 Å². The van der Waals surface area contributed by atoms with Gasteiger partial charge in [-0.2, -0.15) is 0 Å². The smallest absolute Gasteiger partial charge is 0.245 e. The molecule has 2 fully saturated rings. The van der Waals surface area contributed by atoms with E-state index in [1.807, 2.05) is 4.90 Å². The third-order valence-corrected chi connectivity index (χ3v) is 4.70. The van der Waals surface area contributed by atoms with Crippen LogP contribution < -0.4 is 0 Å². The molecule has 5 nitrogen and oxygen atoms in total. The van der Waals surface area contributed by atoms with E-state index in [2.05, 4.69) is 6.58 Å². The largest absolute Gasteiger partial charge is 0.396 e. The van der Waals surface area contributed by atoms with Gasteiger partial charge in [-0.1, -0.05) is 6.58 Å². The first-order chi connectivity index (χ1) is 10.2. The SMILES string of the molecule is C=CC(=O)N1CCC(C(=O)N2CCC(CCCO)C2)CC1. The molecule has 21 heavy (non-hydrogen) atoms. The van der Waals surface area contributed by atoms with Gasteiger partial charge < -0.3 is 14.9 Å². The van der Waals surface area contributed by atoms with Crippen LogP contribution >= 0.6 is 0 Å². The number of amides is 2. The standard InChI is InChI=1S/C16H26N2O3/c1-2-15(20)17-9-6-14(7-10-17)16(21)18-8-5-13(12-18)4-3-11-19/h2,13-14,19H,1,3-12H2. The van der Waals surface area contributed by atoms with Gasteiger partial charge in [-0.25, -0.2) is 0 Å². The predicted octanol–water partition coefficient (Wildman–Crippen LogP) is 1.03. The second-order valence-corrected chi connectivity index (χ2v) is 6.11. The van der Waals surface area contributed by atoms with Gasteiger partial charge in [-0.05, 0) is 44.1 Å². The zero-order valence-electron chi connectivity index (χ0n) is 12.7. The van der Waals surface area contributed by atoms with Crippen molar-refractivity contribution < 1.29 is 14.7 Å². The van der Waals surface area contributed by atoms with Crippen LogP contribution in [0, 0.1) is 11.8 Å². The number of rotatable bonds is 5. The van der Waals surface area contributed by atoms with Crippen LogP contribution in [0.2, 0.25) is 0 Å². The Hall–Kier alpha value is -1.36. The minimum Gasteiger partial charge on any atom is -0.396 e. The van der Waals surface area contributed by atoms with Gasteiger partial charge in [0.25, 0.3) is 0 Å². The van der Waals surface area contributed by atoms with E-state index < -0.39 is 0 Å². The maximum absolute atomic E-state index is 12.5. The molecule has 0 aromatic heterocycles. The first-order valence-electron chi connectivity index (χ1n) is 7.96. The van der Waals surface area contributed by atoms with Gasteiger partial charge in [-0.15, -0.1) is 0 Å². The molecular weight excluding hydrogens is 268 g/mol. The highest BCUT2D eigenvalue weighted by molar-refractivity contribution is 5.87. The predicted molar refractivity (Wildman–Crippen MR) is 80.5 cm³/mol. The number of aliphatic hydroxyl groups excluding tert-OH is 1. The van der Waals surface area contributed by atoms with Crippen molar-refractivity contribution in [1.82, 2.24) is 9.80 Å². The summed E-state index contributed by atoms with van der Waals surface area (Å²) in [6, 6.07) is 0. The van der Waals surface area contributed by atoms with E-state index in [9.17, 15) is 9.59 Å². The molecule has 0 spiro atoms. The molecule has 0 aliphatic carbocycles. The van der Waals surface area contributed by atoms with Crippen molar-refractivity contribution in [3.8, 4) is 0 Å². The van der Waals surface area contributed by atoms with E-state index in [0.29, 0.717) is 19.0 Å². The highest BCUT2D eigenvalue weighted by Gasteiger charge is 2.33. The summed E-state index contributed by atoms with van der Waals surface area (Å²) in [7, 11) is 0. The van der Waals surface area contributed by atoms with Gasteiger partial charge in [0, 0.05) is 38.7 Å². The second-order valence-electron chi connectivity index (χ2n) is 6.11. The summed E-state index contributed by atoms with van der Waals surface area (Å²) >= 11 is 0. The van der Waals surface area contributed by atoms with E-state index in [4.69, 9.17) is 5.11 Å². The molecule has 2 amide bonds. The summed E-state index contributed by atoms with van der Waals surface area (Å²) in [6.45, 7) is 6.74. The molecule has 0 radical (unpaired) electrons. The molecule has 2 heterocycles. The normalized spacial score (nSPS) is 23.4. The van der Waals surface area contributed by atoms with Crippen LogP contribution in [-0.2, 0) is 9.59 Å². The molecule has 118 valence electrons. The van der Waals surface area contributed by atoms with Crippen molar-refractivity contribution in [2.75, 3.05) is 32.8 Å². The molecule has 2 aliphatic rings. The Morgan fingerprint density at radius 2 is 1.81 bits per heavy atom. The summed E-state index contributed by atoms with van der Waals surface area (Å²) in [5.74, 6) is 0.831. The zero-order valence-corrected chi connectivity index (χ0v) is 12.7. The first kappa shape index (κ1) is 16.0. The number of carbonyl (C=O) groups excluding carboxylic acids is 2. The number of carbonyl (C=O) groups is 2. The Morgan fingerprint density at radius 3 is 2.43 bits per heavy atom. The topological polar surface area (TPSA) is 60.9 Å². The van der Waals surface area contributed by atoms with Crippen LogP contribution in [0.25, 0.3) is 0 Å². The fourth-order valence-corrected chi connectivity index (χ4v) is 3.38. The van der Waals surface area contributed by atoms with Crippen LogP contribution in [0.5, 0.6) is 0 Å². The molecule has 5 heteroatoms. The Kier molecular flexibility index (Phi) is 5.79. The minimum absolute atomic E-state index is 0.0360. The van der Waals surface area contributed by atoms with E-state index in [-0.39, 0.29) is 24.3 Å². The number of piperidine rings is 1. The Balaban J connectivity index is 1.77. The van der Waals surface area contributed by atoms with E-state index in [1.165, 1.54) is 6.08 Å². The second kappa shape index (κ2) is 7.59. The highest BCUT2D eigenvalue weighted by atomic mass is 16.3. The van der Waals surface area contributed by atoms with Gasteiger partial charge in [0.15, 0.2) is 0 Å². The summed E-state index contributed by atoms with van der Waals surface area (Å²) in [4.78, 5) is 27.8. The zero-order chi connectivity index (χ0) is 15.2. The number of likely N-dealkylation sites (tertiary alicyclic amines) is 2. The minimum atomic E-state index is -0.0360. The molecule has 0 saturated carbocycles. The maximum Gasteiger partial charge on any atom is 0.245 e. The average molecular weight is 294 g/mol. The van der Waals surface area contributed by atoms with Crippen LogP contribution in [-0.4, -0.2) is 59.5 Å². The summed E-state index contributed by atoms with van der Waals surface area (Å²) in [5.41, 5.74) is 0. The summed E-state index contributed by atoms with van der Waals surface area (Å²) in [5, 5.41) is 8.88. The van der Waals surface area contributed by atoms with E-state index >= 15 is 0 Å². The van der Waals surface area contributed by atoms with Gasteiger partial charge in [0.2, 0.25) is 11.8 Å². The lowest BCUT2D eigenvalue weighted by Crippen LogP contribution is -2.43. The number of aliphatic hydroxyl groups is 1. The van der Waals surface area contributed by atoms with Crippen molar-refractivity contribution in [2.45, 2.75) is 32.1 Å². The molecule has 1 unspecified atom stereocenters. The number of nitrogens with zero attached hydrogens (tertiary/aromatic N) is 2. The molecule has 2 saturated heterocycles. The summed E-state index contributed by atoms with van der Waals surface area (Å²) < 4.78 is 0. The Morgan fingerprint density at radius 1 is 1.14 bits per heavy atom. The Bertz CT molecular complexity index is 389. The van der Waals surface area contributed by atoms with Crippen molar-refractivity contribution in [3.63, 3.8) is 0 Å². The number of hydrogen-bond acceptors (Lipinski definition) is 3. The molecule has 2 aliphatic heterocycles. The van der Waals surface area contributed by atoms with E-state index in [1.54, 1.807) is 4.90 Å². The maximum atomic E-state index is 12.5. The van der Waals surface area contributed by atoms with E-state index in [0.717, 1.165) is 45.2 Å². The average Bonchev–Trinajstić information content (AvgIpc) is 3.00. The fourth-order valence-electron chi connectivity index (χ4n) is 3.38. The quantitative estimate of drug-likeness (QED) is 0.771. The third-order valence-electron chi connectivity index (χ3n) is 4.70. The summed E-state index contributed by atoms with van der Waals surface area (Å²) in [6.07, 6.45) is 5.75. The molecular formula is C16H26N2O3. The van der Waals surface area contributed by atoms with Crippen LogP contribution in [0.15, 0.2) is 12.7 Å². The molecule has 1 N–H and O–H groups in total. The number of hydrogen-bond donors (Lipinski definition) is 1. The lowest BCUT2D eigenvalue weighted by molar-refractivity contribution is -0.138. The fraction of sp³-hybridized carbons (Fsp3) is 0.750. The highest BCUT2D eigenvalue weighted by Crippen LogP contribution is 2.26. The molecule has 1 atom stereocenters. The van der Waals surface area contributed by atoms with Gasteiger partial charge in [-0.3, -0.25) is 9.59 Å². The van der Waals surface area contributed by atoms with Gasteiger partial charge in [0.05, 0.1) is 0 Å². The third kappa shape index (κ3) is 4.06. The van der Waals surface area contributed by atoms with Crippen LogP contribution in [0.4, 0.5) is 0 Å². The van der Waals surface area contributed by atoms with Gasteiger partial charge in [0.1, 0.15) is 0 Å². The lowest BCUT2D eigenvalue weighted by Gasteiger charge is -2.32. The van der Waals surface area contributed by atoms with Crippen LogP contribution in [0.1, 0.15) is 32.1 Å². The molecule has 2 rings (SSSR count). The lowest BCUT2D eigenvalue weighted by atomic mass is 9.95. The first-order valence-corrected chi connectivity index (χ1v) is 7.96. The van der Waals surface area contributed by atoms with Crippen molar-refractivity contribution in [1.29, 1.82) is 0 Å². The monoisotopic (exact) mass is 294 g/mol. The Labute approximate surface area is 126 Å². The van der Waals surface area contributed by atoms with Crippen molar-refractivity contribution in [2.24, 2.45) is 11.8 Å². The molecule has 0 aromatic carbocycles.